The fraction of sp³-hybridized carbons (Fsp3) is 0.316. The predicted molar refractivity (Wildman–Crippen MR) is 102 cm³/mol. The molecule has 12 heteroatoms. The normalized spacial score (nSPS) is 14.5. The summed E-state index contributed by atoms with van der Waals surface area (Å²) in [5, 5.41) is 10.9. The van der Waals surface area contributed by atoms with Crippen molar-refractivity contribution in [3.63, 3.8) is 0 Å². The van der Waals surface area contributed by atoms with Crippen LogP contribution >= 0.6 is 0 Å². The van der Waals surface area contributed by atoms with Crippen LogP contribution in [-0.2, 0) is 20.3 Å². The summed E-state index contributed by atoms with van der Waals surface area (Å²) in [6.07, 6.45) is -2.16. The fourth-order valence-corrected chi connectivity index (χ4v) is 3.32. The van der Waals surface area contributed by atoms with E-state index >= 15 is 0 Å². The molecule has 3 heterocycles. The number of halogens is 4. The quantitative estimate of drug-likeness (QED) is 0.620. The Kier molecular flexibility index (Phi) is 5.07. The molecule has 0 unspecified atom stereocenters. The molecule has 0 atom stereocenters. The summed E-state index contributed by atoms with van der Waals surface area (Å²) >= 11 is 0. The second-order valence-electron chi connectivity index (χ2n) is 7.12. The molecule has 0 saturated carbocycles. The van der Waals surface area contributed by atoms with Gasteiger partial charge in [-0.05, 0) is 12.1 Å². The first-order valence-electron chi connectivity index (χ1n) is 9.22. The number of carbonyl (C=O) groups is 1. The van der Waals surface area contributed by atoms with Crippen LogP contribution in [0.1, 0.15) is 15.9 Å². The Bertz CT molecular complexity index is 1120. The van der Waals surface area contributed by atoms with Gasteiger partial charge in [-0.1, -0.05) is 0 Å². The minimum absolute atomic E-state index is 0.198. The van der Waals surface area contributed by atoms with Gasteiger partial charge in [0.2, 0.25) is 0 Å². The molecule has 1 saturated heterocycles. The number of hydrogen-bond donors (Lipinski definition) is 1. The molecule has 0 radical (unpaired) electrons. The van der Waals surface area contributed by atoms with Crippen LogP contribution in [0.15, 0.2) is 36.7 Å². The molecule has 4 rings (SSSR count). The van der Waals surface area contributed by atoms with E-state index < -0.39 is 23.7 Å². The number of rotatable bonds is 5. The molecular formula is C19H18F4N6O2. The number of aromatic nitrogens is 4. The monoisotopic (exact) mass is 438 g/mol. The Balaban J connectivity index is 1.44. The van der Waals surface area contributed by atoms with E-state index in [1.165, 1.54) is 15.6 Å². The first kappa shape index (κ1) is 20.7. The third-order valence-corrected chi connectivity index (χ3v) is 4.86. The zero-order valence-corrected chi connectivity index (χ0v) is 16.5. The molecule has 1 fully saturated rings. The largest absolute Gasteiger partial charge is 0.487 e. The maximum absolute atomic E-state index is 13.6. The van der Waals surface area contributed by atoms with Crippen LogP contribution in [0.3, 0.4) is 0 Å². The van der Waals surface area contributed by atoms with Crippen molar-refractivity contribution in [1.29, 1.82) is 0 Å². The first-order valence-corrected chi connectivity index (χ1v) is 9.22. The number of ether oxygens (including phenoxy) is 1. The van der Waals surface area contributed by atoms with Gasteiger partial charge in [0.1, 0.15) is 34.9 Å². The van der Waals surface area contributed by atoms with Gasteiger partial charge in [-0.3, -0.25) is 14.2 Å². The van der Waals surface area contributed by atoms with Gasteiger partial charge in [0, 0.05) is 26.2 Å². The van der Waals surface area contributed by atoms with E-state index in [-0.39, 0.29) is 11.7 Å². The molecular weight excluding hydrogens is 420 g/mol. The Labute approximate surface area is 174 Å². The molecule has 0 bridgehead atoms. The van der Waals surface area contributed by atoms with Gasteiger partial charge in [-0.2, -0.15) is 23.4 Å². The molecule has 1 aliphatic heterocycles. The molecule has 1 aromatic carbocycles. The number of benzene rings is 1. The number of amides is 1. The summed E-state index contributed by atoms with van der Waals surface area (Å²) in [6, 6.07) is 3.75. The number of nitrogens with zero attached hydrogens (tertiary/aromatic N) is 5. The second-order valence-corrected chi connectivity index (χ2v) is 7.12. The van der Waals surface area contributed by atoms with Crippen LogP contribution < -0.4 is 15.0 Å². The highest BCUT2D eigenvalue weighted by Crippen LogP contribution is 2.34. The molecule has 0 aliphatic carbocycles. The molecule has 2 aromatic heterocycles. The van der Waals surface area contributed by atoms with Gasteiger partial charge in [0.15, 0.2) is 0 Å². The molecule has 1 N–H and O–H groups in total. The lowest BCUT2D eigenvalue weighted by Crippen LogP contribution is -2.55. The number of hydrogen-bond acceptors (Lipinski definition) is 5. The summed E-state index contributed by atoms with van der Waals surface area (Å²) in [6.45, 7) is 0.590. The summed E-state index contributed by atoms with van der Waals surface area (Å²) in [4.78, 5) is 14.5. The van der Waals surface area contributed by atoms with Crippen molar-refractivity contribution in [3.05, 3.63) is 53.6 Å². The molecule has 1 aliphatic rings. The molecule has 3 aromatic rings. The number of nitrogens with one attached hydrogen (secondary N) is 1. The van der Waals surface area contributed by atoms with Crippen LogP contribution in [0.4, 0.5) is 29.2 Å². The predicted octanol–water partition coefficient (Wildman–Crippen LogP) is 2.83. The standard InChI is InChI=1S/C19H18F4N6O2/c1-27-16(3-4-24-27)26-17(30)15-8-25-28(2)18(15)29-9-14(10-29)31-13-6-11(19(21,22)23)5-12(20)7-13/h3-8,14H,9-10H2,1-2H3,(H,26,30). The topological polar surface area (TPSA) is 77.2 Å². The second kappa shape index (κ2) is 7.60. The summed E-state index contributed by atoms with van der Waals surface area (Å²) in [7, 11) is 3.36. The minimum Gasteiger partial charge on any atom is -0.487 e. The van der Waals surface area contributed by atoms with Gasteiger partial charge in [0.25, 0.3) is 5.91 Å². The Morgan fingerprint density at radius 3 is 2.55 bits per heavy atom. The lowest BCUT2D eigenvalue weighted by molar-refractivity contribution is -0.137. The van der Waals surface area contributed by atoms with E-state index in [2.05, 4.69) is 15.5 Å². The maximum Gasteiger partial charge on any atom is 0.416 e. The minimum atomic E-state index is -4.67. The van der Waals surface area contributed by atoms with E-state index in [4.69, 9.17) is 4.74 Å². The average molecular weight is 438 g/mol. The molecule has 8 nitrogen and oxygen atoms in total. The third-order valence-electron chi connectivity index (χ3n) is 4.86. The van der Waals surface area contributed by atoms with Crippen molar-refractivity contribution >= 4 is 17.5 Å². The zero-order valence-electron chi connectivity index (χ0n) is 16.5. The number of aryl methyl sites for hydroxylation is 2. The van der Waals surface area contributed by atoms with Crippen molar-refractivity contribution in [1.82, 2.24) is 19.6 Å². The highest BCUT2D eigenvalue weighted by Gasteiger charge is 2.35. The van der Waals surface area contributed by atoms with Crippen LogP contribution in [0.2, 0.25) is 0 Å². The molecule has 1 amide bonds. The van der Waals surface area contributed by atoms with E-state index in [1.807, 2.05) is 0 Å². The fourth-order valence-electron chi connectivity index (χ4n) is 3.32. The number of alkyl halides is 3. The summed E-state index contributed by atoms with van der Waals surface area (Å²) < 4.78 is 60.7. The smallest absolute Gasteiger partial charge is 0.416 e. The Hall–Kier alpha value is -3.57. The Morgan fingerprint density at radius 2 is 1.90 bits per heavy atom. The van der Waals surface area contributed by atoms with E-state index in [1.54, 1.807) is 31.3 Å². The van der Waals surface area contributed by atoms with Crippen molar-refractivity contribution in [2.75, 3.05) is 23.3 Å². The van der Waals surface area contributed by atoms with Gasteiger partial charge in [0.05, 0.1) is 31.0 Å². The van der Waals surface area contributed by atoms with Crippen LogP contribution in [-0.4, -0.2) is 44.7 Å². The molecule has 0 spiro atoms. The van der Waals surface area contributed by atoms with Crippen LogP contribution in [0.5, 0.6) is 5.75 Å². The highest BCUT2D eigenvalue weighted by molar-refractivity contribution is 6.07. The van der Waals surface area contributed by atoms with Gasteiger partial charge in [-0.25, -0.2) is 4.39 Å². The van der Waals surface area contributed by atoms with Gasteiger partial charge >= 0.3 is 6.18 Å². The molecule has 164 valence electrons. The van der Waals surface area contributed by atoms with E-state index in [0.717, 1.165) is 12.1 Å². The van der Waals surface area contributed by atoms with Gasteiger partial charge in [-0.15, -0.1) is 0 Å². The SMILES string of the molecule is Cn1nccc1NC(=O)c1cnn(C)c1N1CC(Oc2cc(F)cc(C(F)(F)F)c2)C1. The first-order chi connectivity index (χ1) is 14.6. The van der Waals surface area contributed by atoms with Crippen molar-refractivity contribution in [2.24, 2.45) is 14.1 Å². The zero-order chi connectivity index (χ0) is 22.3. The lowest BCUT2D eigenvalue weighted by atomic mass is 10.1. The third kappa shape index (κ3) is 4.18. The number of anilines is 2. The lowest BCUT2D eigenvalue weighted by Gasteiger charge is -2.40. The van der Waals surface area contributed by atoms with Gasteiger partial charge < -0.3 is 15.0 Å². The summed E-state index contributed by atoms with van der Waals surface area (Å²) in [5.41, 5.74) is -0.785. The van der Waals surface area contributed by atoms with Crippen LogP contribution in [0.25, 0.3) is 0 Å². The summed E-state index contributed by atoms with van der Waals surface area (Å²) in [5.74, 6) is -0.556. The Morgan fingerprint density at radius 1 is 1.16 bits per heavy atom. The highest BCUT2D eigenvalue weighted by atomic mass is 19.4. The maximum atomic E-state index is 13.6. The van der Waals surface area contributed by atoms with Crippen molar-refractivity contribution < 1.29 is 27.1 Å². The van der Waals surface area contributed by atoms with Crippen molar-refractivity contribution in [3.8, 4) is 5.75 Å². The number of carbonyl (C=O) groups excluding carboxylic acids is 1. The van der Waals surface area contributed by atoms with Crippen molar-refractivity contribution in [2.45, 2.75) is 12.3 Å². The average Bonchev–Trinajstić information content (AvgIpc) is 3.22. The molecule has 31 heavy (non-hydrogen) atoms. The van der Waals surface area contributed by atoms with E-state index in [9.17, 15) is 22.4 Å². The van der Waals surface area contributed by atoms with E-state index in [0.29, 0.717) is 36.4 Å². The van der Waals surface area contributed by atoms with Crippen LogP contribution in [0, 0.1) is 5.82 Å².